The van der Waals surface area contributed by atoms with Crippen molar-refractivity contribution in [1.82, 2.24) is 4.90 Å². The fraction of sp³-hybridized carbons (Fsp3) is 0.909. The average molecular weight is 233 g/mol. The summed E-state index contributed by atoms with van der Waals surface area (Å²) >= 11 is 0. The molecule has 1 atom stereocenters. The third-order valence-corrected chi connectivity index (χ3v) is 2.14. The maximum Gasteiger partial charge on any atom is 0.410 e. The summed E-state index contributed by atoms with van der Waals surface area (Å²) in [4.78, 5) is 12.9. The smallest absolute Gasteiger partial charge is 0.410 e. The van der Waals surface area contributed by atoms with Crippen molar-refractivity contribution in [2.45, 2.75) is 51.9 Å². The molecule has 0 rings (SSSR count). The monoisotopic (exact) mass is 233 g/mol. The van der Waals surface area contributed by atoms with Crippen LogP contribution in [-0.4, -0.2) is 52.1 Å². The number of ether oxygens (including phenoxy) is 1. The zero-order valence-corrected chi connectivity index (χ0v) is 10.9. The first-order chi connectivity index (χ1) is 6.99. The van der Waals surface area contributed by atoms with Gasteiger partial charge in [-0.2, -0.15) is 0 Å². The van der Waals surface area contributed by atoms with E-state index in [1.807, 2.05) is 0 Å². The van der Waals surface area contributed by atoms with Crippen LogP contribution >= 0.6 is 0 Å². The van der Waals surface area contributed by atoms with Gasteiger partial charge in [-0.05, 0) is 34.6 Å². The van der Waals surface area contributed by atoms with E-state index in [0.29, 0.717) is 0 Å². The topological polar surface area (TPSA) is 70.0 Å². The van der Waals surface area contributed by atoms with Gasteiger partial charge in [-0.1, -0.05) is 0 Å². The Morgan fingerprint density at radius 1 is 1.31 bits per heavy atom. The van der Waals surface area contributed by atoms with Crippen LogP contribution < -0.4 is 0 Å². The highest BCUT2D eigenvalue weighted by Crippen LogP contribution is 2.17. The van der Waals surface area contributed by atoms with E-state index >= 15 is 0 Å². The second kappa shape index (κ2) is 5.01. The Balaban J connectivity index is 4.65. The predicted octanol–water partition coefficient (Wildman–Crippen LogP) is 0.985. The lowest BCUT2D eigenvalue weighted by Gasteiger charge is -2.36. The predicted molar refractivity (Wildman–Crippen MR) is 61.2 cm³/mol. The normalized spacial score (nSPS) is 14.5. The van der Waals surface area contributed by atoms with E-state index in [4.69, 9.17) is 9.84 Å². The first kappa shape index (κ1) is 15.2. The minimum atomic E-state index is -1.18. The number of rotatable bonds is 3. The van der Waals surface area contributed by atoms with Gasteiger partial charge in [-0.25, -0.2) is 4.79 Å². The van der Waals surface area contributed by atoms with E-state index < -0.39 is 23.3 Å². The summed E-state index contributed by atoms with van der Waals surface area (Å²) in [6, 6.07) is -0.692. The van der Waals surface area contributed by atoms with Crippen LogP contribution in [0.2, 0.25) is 0 Å². The van der Waals surface area contributed by atoms with E-state index in [9.17, 15) is 9.90 Å². The van der Waals surface area contributed by atoms with Gasteiger partial charge >= 0.3 is 6.09 Å². The molecule has 0 spiro atoms. The van der Waals surface area contributed by atoms with Crippen LogP contribution in [0.5, 0.6) is 0 Å². The van der Waals surface area contributed by atoms with Crippen LogP contribution in [0.25, 0.3) is 0 Å². The Morgan fingerprint density at radius 2 is 1.75 bits per heavy atom. The van der Waals surface area contributed by atoms with Crippen molar-refractivity contribution in [3.05, 3.63) is 0 Å². The SMILES string of the molecule is CN(C(=O)OC(C)(C)C)C(CO)C(C)(C)O. The molecule has 0 saturated heterocycles. The molecule has 96 valence electrons. The van der Waals surface area contributed by atoms with Crippen LogP contribution in [0, 0.1) is 0 Å². The number of aliphatic hydroxyl groups excluding tert-OH is 1. The third kappa shape index (κ3) is 4.81. The van der Waals surface area contributed by atoms with Crippen molar-refractivity contribution < 1.29 is 19.7 Å². The number of hydrogen-bond donors (Lipinski definition) is 2. The van der Waals surface area contributed by atoms with Gasteiger partial charge in [0.25, 0.3) is 0 Å². The second-order valence-electron chi connectivity index (χ2n) is 5.44. The lowest BCUT2D eigenvalue weighted by atomic mass is 9.99. The lowest BCUT2D eigenvalue weighted by Crippen LogP contribution is -2.53. The van der Waals surface area contributed by atoms with Crippen molar-refractivity contribution in [3.63, 3.8) is 0 Å². The number of aliphatic hydroxyl groups is 2. The Morgan fingerprint density at radius 3 is 2.00 bits per heavy atom. The molecule has 0 fully saturated rings. The third-order valence-electron chi connectivity index (χ3n) is 2.14. The lowest BCUT2D eigenvalue weighted by molar-refractivity contribution is -0.0459. The maximum absolute atomic E-state index is 11.7. The number of carbonyl (C=O) groups is 1. The Kier molecular flexibility index (Phi) is 4.76. The molecule has 0 aromatic carbocycles. The molecule has 5 heteroatoms. The average Bonchev–Trinajstić information content (AvgIpc) is 1.99. The number of carbonyl (C=O) groups excluding carboxylic acids is 1. The number of likely N-dealkylation sites (N-methyl/N-ethyl adjacent to an activating group) is 1. The van der Waals surface area contributed by atoms with E-state index in [1.54, 1.807) is 20.8 Å². The number of nitrogens with zero attached hydrogens (tertiary/aromatic N) is 1. The zero-order valence-electron chi connectivity index (χ0n) is 10.9. The number of hydrogen-bond acceptors (Lipinski definition) is 4. The van der Waals surface area contributed by atoms with E-state index in [1.165, 1.54) is 25.8 Å². The molecule has 0 heterocycles. The molecule has 0 aliphatic carbocycles. The maximum atomic E-state index is 11.7. The van der Waals surface area contributed by atoms with Crippen LogP contribution in [-0.2, 0) is 4.74 Å². The summed E-state index contributed by atoms with van der Waals surface area (Å²) in [7, 11) is 1.49. The molecule has 0 saturated carbocycles. The summed E-state index contributed by atoms with van der Waals surface area (Å²) in [6.07, 6.45) is -0.561. The van der Waals surface area contributed by atoms with Gasteiger partial charge in [-0.15, -0.1) is 0 Å². The standard InChI is InChI=1S/C11H23NO4/c1-10(2,3)16-9(14)12(6)8(7-13)11(4,5)15/h8,13,15H,7H2,1-6H3. The van der Waals surface area contributed by atoms with Crippen LogP contribution in [0.1, 0.15) is 34.6 Å². The molecule has 0 bridgehead atoms. The molecule has 0 aromatic rings. The van der Waals surface area contributed by atoms with Gasteiger partial charge in [-0.3, -0.25) is 0 Å². The highest BCUT2D eigenvalue weighted by atomic mass is 16.6. The summed E-state index contributed by atoms with van der Waals surface area (Å²) in [5, 5.41) is 19.0. The van der Waals surface area contributed by atoms with Gasteiger partial charge in [0.05, 0.1) is 18.2 Å². The Labute approximate surface area is 97.0 Å². The molecule has 0 aliphatic rings. The molecule has 1 unspecified atom stereocenters. The van der Waals surface area contributed by atoms with Gasteiger partial charge in [0.2, 0.25) is 0 Å². The van der Waals surface area contributed by atoms with Crippen molar-refractivity contribution in [3.8, 4) is 0 Å². The summed E-state index contributed by atoms with van der Waals surface area (Å²) in [5.74, 6) is 0. The van der Waals surface area contributed by atoms with Crippen LogP contribution in [0.15, 0.2) is 0 Å². The highest BCUT2D eigenvalue weighted by molar-refractivity contribution is 5.68. The molecule has 0 aromatic heterocycles. The Hall–Kier alpha value is -0.810. The van der Waals surface area contributed by atoms with E-state index in [0.717, 1.165) is 0 Å². The van der Waals surface area contributed by atoms with Crippen molar-refractivity contribution >= 4 is 6.09 Å². The first-order valence-corrected chi connectivity index (χ1v) is 5.28. The van der Waals surface area contributed by atoms with E-state index in [-0.39, 0.29) is 6.61 Å². The minimum absolute atomic E-state index is 0.320. The largest absolute Gasteiger partial charge is 0.444 e. The van der Waals surface area contributed by atoms with Gasteiger partial charge in [0.15, 0.2) is 0 Å². The molecule has 1 amide bonds. The summed E-state index contributed by atoms with van der Waals surface area (Å²) in [6.45, 7) is 8.03. The number of amides is 1. The molecule has 16 heavy (non-hydrogen) atoms. The molecule has 2 N–H and O–H groups in total. The van der Waals surface area contributed by atoms with Crippen LogP contribution in [0.4, 0.5) is 4.79 Å². The molecule has 5 nitrogen and oxygen atoms in total. The van der Waals surface area contributed by atoms with Crippen molar-refractivity contribution in [1.29, 1.82) is 0 Å². The molecule has 0 radical (unpaired) electrons. The highest BCUT2D eigenvalue weighted by Gasteiger charge is 2.34. The Bertz CT molecular complexity index is 239. The summed E-state index contributed by atoms with van der Waals surface area (Å²) in [5.41, 5.74) is -1.77. The fourth-order valence-corrected chi connectivity index (χ4v) is 1.28. The van der Waals surface area contributed by atoms with Gasteiger partial charge in [0, 0.05) is 7.05 Å². The van der Waals surface area contributed by atoms with Gasteiger partial charge in [0.1, 0.15) is 5.60 Å². The van der Waals surface area contributed by atoms with Crippen LogP contribution in [0.3, 0.4) is 0 Å². The fourth-order valence-electron chi connectivity index (χ4n) is 1.28. The molecule has 0 aliphatic heterocycles. The first-order valence-electron chi connectivity index (χ1n) is 5.28. The second-order valence-corrected chi connectivity index (χ2v) is 5.44. The van der Waals surface area contributed by atoms with Gasteiger partial charge < -0.3 is 19.8 Å². The minimum Gasteiger partial charge on any atom is -0.444 e. The zero-order chi connectivity index (χ0) is 13.1. The summed E-state index contributed by atoms with van der Waals surface area (Å²) < 4.78 is 5.14. The van der Waals surface area contributed by atoms with E-state index in [2.05, 4.69) is 0 Å². The van der Waals surface area contributed by atoms with Crippen molar-refractivity contribution in [2.75, 3.05) is 13.7 Å². The molecular formula is C11H23NO4. The molecular weight excluding hydrogens is 210 g/mol. The van der Waals surface area contributed by atoms with Crippen molar-refractivity contribution in [2.24, 2.45) is 0 Å². The quantitative estimate of drug-likeness (QED) is 0.762.